The zero-order valence-electron chi connectivity index (χ0n) is 18.8. The van der Waals surface area contributed by atoms with Crippen LogP contribution in [-0.4, -0.2) is 70.7 Å². The maximum atomic E-state index is 12.7. The van der Waals surface area contributed by atoms with Crippen LogP contribution >= 0.6 is 34.4 Å². The van der Waals surface area contributed by atoms with E-state index in [2.05, 4.69) is 10.6 Å². The van der Waals surface area contributed by atoms with E-state index in [1.165, 1.54) is 17.8 Å². The number of anilines is 1. The number of aliphatic carboxylic acids is 1. The van der Waals surface area contributed by atoms with Crippen molar-refractivity contribution in [2.24, 2.45) is 0 Å². The van der Waals surface area contributed by atoms with Crippen LogP contribution in [0, 0.1) is 0 Å². The molecule has 0 heterocycles. The lowest BCUT2D eigenvalue weighted by Gasteiger charge is -2.17. The molecule has 0 spiro atoms. The second-order valence-electron chi connectivity index (χ2n) is 6.97. The number of amides is 2. The van der Waals surface area contributed by atoms with Gasteiger partial charge in [0, 0.05) is 31.4 Å². The minimum absolute atomic E-state index is 0.0125. The molecule has 0 saturated carbocycles. The zero-order valence-corrected chi connectivity index (χ0v) is 21.7. The maximum absolute atomic E-state index is 12.7. The number of ether oxygens (including phenoxy) is 3. The van der Waals surface area contributed by atoms with Crippen LogP contribution < -0.4 is 15.4 Å². The van der Waals surface area contributed by atoms with Gasteiger partial charge in [0.1, 0.15) is 16.1 Å². The minimum atomic E-state index is -0.923. The number of carbonyl (C=O) groups is 3. The number of carbonyl (C=O) groups excluding carboxylic acids is 2. The fourth-order valence-electron chi connectivity index (χ4n) is 2.98. The molecule has 0 aromatic heterocycles. The summed E-state index contributed by atoms with van der Waals surface area (Å²) in [5.41, 5.74) is 0.342. The molecule has 1 unspecified atom stereocenters. The Morgan fingerprint density at radius 1 is 1.24 bits per heavy atom. The van der Waals surface area contributed by atoms with Crippen LogP contribution in [0.25, 0.3) is 10.8 Å². The van der Waals surface area contributed by atoms with E-state index in [1.54, 1.807) is 32.2 Å². The molecule has 34 heavy (non-hydrogen) atoms. The van der Waals surface area contributed by atoms with Gasteiger partial charge in [-0.2, -0.15) is 0 Å². The second-order valence-corrected chi connectivity index (χ2v) is 9.04. The number of phenolic OH excluding ortho intramolecular Hbond substituents is 1. The van der Waals surface area contributed by atoms with Gasteiger partial charge in [-0.05, 0) is 48.1 Å². The SMILES string of the molecule is COCCCNC(=O)c1cc(OCCSC(C)C(=O)O)c2c(NC(=O)OCI)cccc2c1O. The molecule has 2 rings (SSSR count). The highest BCUT2D eigenvalue weighted by molar-refractivity contribution is 14.1. The third-order valence-electron chi connectivity index (χ3n) is 4.63. The number of methoxy groups -OCH3 is 1. The number of aromatic hydroxyl groups is 1. The van der Waals surface area contributed by atoms with Gasteiger partial charge in [0.05, 0.1) is 28.5 Å². The van der Waals surface area contributed by atoms with Gasteiger partial charge in [-0.3, -0.25) is 14.9 Å². The van der Waals surface area contributed by atoms with Gasteiger partial charge in [0.2, 0.25) is 0 Å². The summed E-state index contributed by atoms with van der Waals surface area (Å²) in [7, 11) is 1.57. The fraction of sp³-hybridized carbons (Fsp3) is 0.409. The predicted octanol–water partition coefficient (Wildman–Crippen LogP) is 3.84. The number of fused-ring (bicyclic) bond motifs is 1. The molecule has 2 aromatic rings. The summed E-state index contributed by atoms with van der Waals surface area (Å²) < 4.78 is 16.0. The Kier molecular flexibility index (Phi) is 11.5. The Morgan fingerprint density at radius 2 is 2.00 bits per heavy atom. The topological polar surface area (TPSA) is 143 Å². The van der Waals surface area contributed by atoms with Crippen LogP contribution in [0.4, 0.5) is 10.5 Å². The Morgan fingerprint density at radius 3 is 2.68 bits per heavy atom. The van der Waals surface area contributed by atoms with Crippen molar-refractivity contribution in [3.05, 3.63) is 29.8 Å². The minimum Gasteiger partial charge on any atom is -0.506 e. The Balaban J connectivity index is 2.40. The van der Waals surface area contributed by atoms with Crippen molar-refractivity contribution in [1.82, 2.24) is 5.32 Å². The van der Waals surface area contributed by atoms with Crippen molar-refractivity contribution in [2.75, 3.05) is 42.6 Å². The van der Waals surface area contributed by atoms with Crippen LogP contribution in [-0.2, 0) is 14.3 Å². The average molecular weight is 606 g/mol. The maximum Gasteiger partial charge on any atom is 0.412 e. The summed E-state index contributed by atoms with van der Waals surface area (Å²) in [4.78, 5) is 35.8. The Labute approximate surface area is 214 Å². The van der Waals surface area contributed by atoms with Crippen LogP contribution in [0.15, 0.2) is 24.3 Å². The lowest BCUT2D eigenvalue weighted by atomic mass is 10.0. The first-order valence-corrected chi connectivity index (χ1v) is 12.9. The molecule has 0 fully saturated rings. The van der Waals surface area contributed by atoms with Crippen LogP contribution in [0.3, 0.4) is 0 Å². The summed E-state index contributed by atoms with van der Waals surface area (Å²) >= 11 is 3.10. The molecular weight excluding hydrogens is 579 g/mol. The van der Waals surface area contributed by atoms with Crippen molar-refractivity contribution < 1.29 is 38.8 Å². The van der Waals surface area contributed by atoms with Crippen molar-refractivity contribution in [3.8, 4) is 11.5 Å². The molecule has 12 heteroatoms. The standard InChI is InChI=1S/C22H27IN2O8S/c1-13(21(28)29)34-10-9-32-17-11-15(20(27)24-7-4-8-31-2)19(26)14-5-3-6-16(18(14)17)25-22(30)33-12-23/h3,5-6,11,13,26H,4,7-10,12H2,1-2H3,(H,24,27)(H,25,30)(H,28,29). The van der Waals surface area contributed by atoms with Crippen LogP contribution in [0.5, 0.6) is 11.5 Å². The molecule has 0 bridgehead atoms. The Bertz CT molecular complexity index is 1020. The summed E-state index contributed by atoms with van der Waals surface area (Å²) in [6, 6.07) is 6.25. The zero-order chi connectivity index (χ0) is 25.1. The van der Waals surface area contributed by atoms with Crippen molar-refractivity contribution in [1.29, 1.82) is 0 Å². The van der Waals surface area contributed by atoms with E-state index >= 15 is 0 Å². The molecule has 4 N–H and O–H groups in total. The summed E-state index contributed by atoms with van der Waals surface area (Å²) in [5.74, 6) is -1.04. The van der Waals surface area contributed by atoms with E-state index in [0.717, 1.165) is 0 Å². The van der Waals surface area contributed by atoms with Gasteiger partial charge in [-0.25, -0.2) is 4.79 Å². The lowest BCUT2D eigenvalue weighted by molar-refractivity contribution is -0.136. The third kappa shape index (κ3) is 7.81. The fourth-order valence-corrected chi connectivity index (χ4v) is 3.94. The molecule has 0 aliphatic rings. The van der Waals surface area contributed by atoms with Crippen molar-refractivity contribution in [2.45, 2.75) is 18.6 Å². The van der Waals surface area contributed by atoms with Crippen LogP contribution in [0.2, 0.25) is 0 Å². The Hall–Kier alpha value is -2.45. The normalized spacial score (nSPS) is 11.6. The molecule has 0 radical (unpaired) electrons. The molecule has 186 valence electrons. The van der Waals surface area contributed by atoms with Gasteiger partial charge in [0.15, 0.2) is 0 Å². The molecule has 1 atom stereocenters. The highest BCUT2D eigenvalue weighted by Gasteiger charge is 2.21. The van der Waals surface area contributed by atoms with Crippen molar-refractivity contribution in [3.63, 3.8) is 0 Å². The van der Waals surface area contributed by atoms with E-state index < -0.39 is 23.2 Å². The number of benzene rings is 2. The molecule has 0 saturated heterocycles. The molecular formula is C22H27IN2O8S. The summed E-state index contributed by atoms with van der Waals surface area (Å²) in [5, 5.41) is 25.3. The highest BCUT2D eigenvalue weighted by atomic mass is 127. The number of thioether (sulfide) groups is 1. The largest absolute Gasteiger partial charge is 0.506 e. The quantitative estimate of drug-likeness (QED) is 0.152. The van der Waals surface area contributed by atoms with Gasteiger partial charge in [-0.1, -0.05) is 12.1 Å². The molecule has 2 aromatic carbocycles. The van der Waals surface area contributed by atoms with Gasteiger partial charge < -0.3 is 29.7 Å². The highest BCUT2D eigenvalue weighted by Crippen LogP contribution is 2.40. The monoisotopic (exact) mass is 606 g/mol. The first-order chi connectivity index (χ1) is 16.3. The first-order valence-electron chi connectivity index (χ1n) is 10.3. The molecule has 0 aliphatic carbocycles. The second kappa shape index (κ2) is 14.1. The average Bonchev–Trinajstić information content (AvgIpc) is 2.80. The van der Waals surface area contributed by atoms with E-state index in [9.17, 15) is 19.5 Å². The molecule has 0 aliphatic heterocycles. The van der Waals surface area contributed by atoms with E-state index in [1.807, 2.05) is 22.6 Å². The molecule has 2 amide bonds. The number of hydrogen-bond donors (Lipinski definition) is 4. The van der Waals surface area contributed by atoms with Crippen molar-refractivity contribution >= 4 is 68.8 Å². The van der Waals surface area contributed by atoms with Gasteiger partial charge in [-0.15, -0.1) is 11.8 Å². The molecule has 10 nitrogen and oxygen atoms in total. The predicted molar refractivity (Wildman–Crippen MR) is 138 cm³/mol. The number of phenols is 1. The number of carboxylic acid groups (broad SMARTS) is 1. The first kappa shape index (κ1) is 27.8. The smallest absolute Gasteiger partial charge is 0.412 e. The van der Waals surface area contributed by atoms with E-state index in [-0.39, 0.29) is 28.3 Å². The van der Waals surface area contributed by atoms with Gasteiger partial charge in [0.25, 0.3) is 5.91 Å². The van der Waals surface area contributed by atoms with E-state index in [0.29, 0.717) is 41.8 Å². The summed E-state index contributed by atoms with van der Waals surface area (Å²) in [6.45, 7) is 2.56. The number of rotatable bonds is 13. The third-order valence-corrected chi connectivity index (χ3v) is 6.05. The lowest BCUT2D eigenvalue weighted by Crippen LogP contribution is -2.25. The number of nitrogens with one attached hydrogen (secondary N) is 2. The number of hydrogen-bond acceptors (Lipinski definition) is 8. The van der Waals surface area contributed by atoms with Crippen LogP contribution in [0.1, 0.15) is 23.7 Å². The number of halogens is 1. The van der Waals surface area contributed by atoms with E-state index in [4.69, 9.17) is 19.3 Å². The number of alkyl halides is 1. The van der Waals surface area contributed by atoms with Gasteiger partial charge >= 0.3 is 12.1 Å². The number of carboxylic acids is 1. The summed E-state index contributed by atoms with van der Waals surface area (Å²) in [6.07, 6.45) is -0.0792.